The maximum Gasteiger partial charge on any atom is 0.246 e. The van der Waals surface area contributed by atoms with E-state index in [0.29, 0.717) is 18.8 Å². The van der Waals surface area contributed by atoms with Crippen LogP contribution in [0.2, 0.25) is 0 Å². The zero-order valence-electron chi connectivity index (χ0n) is 13.5. The normalized spacial score (nSPS) is 17.5. The summed E-state index contributed by atoms with van der Waals surface area (Å²) in [7, 11) is -1.78. The van der Waals surface area contributed by atoms with E-state index in [0.717, 1.165) is 25.2 Å². The Morgan fingerprint density at radius 2 is 1.74 bits per heavy atom. The highest BCUT2D eigenvalue weighted by Gasteiger charge is 2.31. The van der Waals surface area contributed by atoms with E-state index < -0.39 is 10.0 Å². The molecule has 0 N–H and O–H groups in total. The molecule has 1 saturated heterocycles. The van der Waals surface area contributed by atoms with Crippen LogP contribution in [0.1, 0.15) is 6.92 Å². The van der Waals surface area contributed by atoms with Gasteiger partial charge < -0.3 is 4.90 Å². The lowest BCUT2D eigenvalue weighted by Crippen LogP contribution is -2.48. The first-order chi connectivity index (χ1) is 11.0. The summed E-state index contributed by atoms with van der Waals surface area (Å²) in [6.45, 7) is 5.65. The predicted molar refractivity (Wildman–Crippen MR) is 89.5 cm³/mol. The molecular weight excluding hydrogens is 312 g/mol. The number of sulfonamides is 1. The molecule has 2 heterocycles. The Morgan fingerprint density at radius 1 is 1.09 bits per heavy atom. The van der Waals surface area contributed by atoms with Crippen LogP contribution in [0.4, 0.5) is 0 Å². The van der Waals surface area contributed by atoms with Crippen molar-refractivity contribution >= 4 is 10.0 Å². The summed E-state index contributed by atoms with van der Waals surface area (Å²) in [4.78, 5) is 2.55. The molecule has 3 rings (SSSR count). The minimum Gasteiger partial charge on any atom is -0.301 e. The lowest BCUT2D eigenvalue weighted by atomic mass is 10.2. The number of rotatable bonds is 4. The van der Waals surface area contributed by atoms with Gasteiger partial charge in [-0.05, 0) is 6.54 Å². The fraction of sp³-hybridized carbons (Fsp3) is 0.438. The number of aromatic nitrogens is 2. The third-order valence-corrected chi connectivity index (χ3v) is 6.14. The topological polar surface area (TPSA) is 58.4 Å². The van der Waals surface area contributed by atoms with E-state index in [1.165, 1.54) is 0 Å². The fourth-order valence-electron chi connectivity index (χ4n) is 2.88. The zero-order valence-corrected chi connectivity index (χ0v) is 14.3. The molecule has 6 nitrogen and oxygen atoms in total. The predicted octanol–water partition coefficient (Wildman–Crippen LogP) is 1.41. The second-order valence-electron chi connectivity index (χ2n) is 5.72. The van der Waals surface area contributed by atoms with E-state index in [1.54, 1.807) is 22.2 Å². The molecule has 0 unspecified atom stereocenters. The maximum atomic E-state index is 13.0. The van der Waals surface area contributed by atoms with Crippen molar-refractivity contribution in [2.24, 2.45) is 7.05 Å². The molecule has 1 aromatic heterocycles. The third-order valence-electron chi connectivity index (χ3n) is 4.24. The van der Waals surface area contributed by atoms with E-state index in [2.05, 4.69) is 16.9 Å². The van der Waals surface area contributed by atoms with Crippen LogP contribution in [-0.4, -0.2) is 60.1 Å². The van der Waals surface area contributed by atoms with Crippen molar-refractivity contribution in [3.63, 3.8) is 0 Å². The minimum atomic E-state index is -3.53. The highest BCUT2D eigenvalue weighted by Crippen LogP contribution is 2.28. The first-order valence-corrected chi connectivity index (χ1v) is 9.28. The second kappa shape index (κ2) is 6.43. The van der Waals surface area contributed by atoms with Gasteiger partial charge in [-0.25, -0.2) is 8.42 Å². The van der Waals surface area contributed by atoms with Crippen LogP contribution in [0.3, 0.4) is 0 Å². The zero-order chi connectivity index (χ0) is 16.4. The van der Waals surface area contributed by atoms with Crippen molar-refractivity contribution in [1.82, 2.24) is 19.0 Å². The van der Waals surface area contributed by atoms with E-state index in [9.17, 15) is 8.42 Å². The van der Waals surface area contributed by atoms with Crippen LogP contribution in [-0.2, 0) is 17.1 Å². The van der Waals surface area contributed by atoms with Gasteiger partial charge in [-0.3, -0.25) is 4.68 Å². The van der Waals surface area contributed by atoms with E-state index in [-0.39, 0.29) is 4.90 Å². The molecular formula is C16H22N4O2S. The standard InChI is InChI=1S/C16H22N4O2S/c1-3-19-9-11-20(12-10-19)23(21,22)15-13-18(2)17-16(15)14-7-5-4-6-8-14/h4-8,13H,3,9-12H2,1-2H3. The molecule has 1 aliphatic heterocycles. The van der Waals surface area contributed by atoms with Gasteiger partial charge in [0.1, 0.15) is 10.6 Å². The van der Waals surface area contributed by atoms with Crippen molar-refractivity contribution < 1.29 is 8.42 Å². The summed E-state index contributed by atoms with van der Waals surface area (Å²) >= 11 is 0. The lowest BCUT2D eigenvalue weighted by Gasteiger charge is -2.33. The van der Waals surface area contributed by atoms with Crippen molar-refractivity contribution in [2.45, 2.75) is 11.8 Å². The number of likely N-dealkylation sites (N-methyl/N-ethyl adjacent to an activating group) is 1. The van der Waals surface area contributed by atoms with Gasteiger partial charge >= 0.3 is 0 Å². The Balaban J connectivity index is 1.95. The Hall–Kier alpha value is -1.70. The molecule has 0 radical (unpaired) electrons. The lowest BCUT2D eigenvalue weighted by molar-refractivity contribution is 0.196. The molecule has 2 aromatic rings. The van der Waals surface area contributed by atoms with Crippen LogP contribution >= 0.6 is 0 Å². The SMILES string of the molecule is CCN1CCN(S(=O)(=O)c2cn(C)nc2-c2ccccc2)CC1. The van der Waals surface area contributed by atoms with E-state index in [4.69, 9.17) is 0 Å². The van der Waals surface area contributed by atoms with E-state index in [1.807, 2.05) is 30.3 Å². The van der Waals surface area contributed by atoms with Gasteiger partial charge in [-0.2, -0.15) is 9.40 Å². The van der Waals surface area contributed by atoms with Crippen LogP contribution in [0.5, 0.6) is 0 Å². The molecule has 124 valence electrons. The quantitative estimate of drug-likeness (QED) is 0.848. The molecule has 0 atom stereocenters. The van der Waals surface area contributed by atoms with Gasteiger partial charge in [0.2, 0.25) is 10.0 Å². The summed E-state index contributed by atoms with van der Waals surface area (Å²) in [5.41, 5.74) is 1.34. The van der Waals surface area contributed by atoms with Crippen LogP contribution in [0.25, 0.3) is 11.3 Å². The molecule has 0 bridgehead atoms. The second-order valence-corrected chi connectivity index (χ2v) is 7.63. The van der Waals surface area contributed by atoms with E-state index >= 15 is 0 Å². The number of aryl methyl sites for hydroxylation is 1. The number of nitrogens with zero attached hydrogens (tertiary/aromatic N) is 4. The fourth-order valence-corrected chi connectivity index (χ4v) is 4.49. The van der Waals surface area contributed by atoms with Gasteiger partial charge in [0.15, 0.2) is 0 Å². The highest BCUT2D eigenvalue weighted by atomic mass is 32.2. The monoisotopic (exact) mass is 334 g/mol. The van der Waals surface area contributed by atoms with Crippen molar-refractivity contribution in [1.29, 1.82) is 0 Å². The molecule has 0 amide bonds. The van der Waals surface area contributed by atoms with Gasteiger partial charge in [-0.1, -0.05) is 37.3 Å². The van der Waals surface area contributed by atoms with Gasteiger partial charge in [-0.15, -0.1) is 0 Å². The Labute approximate surface area is 137 Å². The summed E-state index contributed by atoms with van der Waals surface area (Å²) in [6, 6.07) is 9.46. The van der Waals surface area contributed by atoms with Crippen LogP contribution < -0.4 is 0 Å². The first kappa shape index (κ1) is 16.2. The summed E-state index contributed by atoms with van der Waals surface area (Å²) < 4.78 is 29.2. The van der Waals surface area contributed by atoms with Crippen LogP contribution in [0.15, 0.2) is 41.4 Å². The Kier molecular flexibility index (Phi) is 4.52. The van der Waals surface area contributed by atoms with Gasteiger partial charge in [0.05, 0.1) is 0 Å². The molecule has 0 aliphatic carbocycles. The number of benzene rings is 1. The Morgan fingerprint density at radius 3 is 2.35 bits per heavy atom. The number of piperazine rings is 1. The maximum absolute atomic E-state index is 13.0. The molecule has 0 spiro atoms. The van der Waals surface area contributed by atoms with Crippen molar-refractivity contribution in [2.75, 3.05) is 32.7 Å². The molecule has 0 saturated carbocycles. The molecule has 1 aromatic carbocycles. The first-order valence-electron chi connectivity index (χ1n) is 7.84. The highest BCUT2D eigenvalue weighted by molar-refractivity contribution is 7.89. The summed E-state index contributed by atoms with van der Waals surface area (Å²) in [6.07, 6.45) is 1.60. The van der Waals surface area contributed by atoms with Gasteiger partial charge in [0, 0.05) is 45.0 Å². The number of hydrogen-bond acceptors (Lipinski definition) is 4. The molecule has 1 aliphatic rings. The molecule has 23 heavy (non-hydrogen) atoms. The third kappa shape index (κ3) is 3.17. The van der Waals surface area contributed by atoms with Crippen molar-refractivity contribution in [3.05, 3.63) is 36.5 Å². The smallest absolute Gasteiger partial charge is 0.246 e. The average Bonchev–Trinajstić information content (AvgIpc) is 2.98. The molecule has 1 fully saturated rings. The average molecular weight is 334 g/mol. The minimum absolute atomic E-state index is 0.288. The molecule has 7 heteroatoms. The Bertz CT molecular complexity index is 763. The largest absolute Gasteiger partial charge is 0.301 e. The summed E-state index contributed by atoms with van der Waals surface area (Å²) in [5, 5.41) is 4.37. The number of hydrogen-bond donors (Lipinski definition) is 0. The van der Waals surface area contributed by atoms with Gasteiger partial charge in [0.25, 0.3) is 0 Å². The summed E-state index contributed by atoms with van der Waals surface area (Å²) in [5.74, 6) is 0. The van der Waals surface area contributed by atoms with Crippen molar-refractivity contribution in [3.8, 4) is 11.3 Å². The van der Waals surface area contributed by atoms with Crippen LogP contribution in [0, 0.1) is 0 Å².